The number of anilines is 1. The van der Waals surface area contributed by atoms with Gasteiger partial charge in [-0.15, -0.1) is 6.42 Å². The summed E-state index contributed by atoms with van der Waals surface area (Å²) < 4.78 is 65.0. The molecule has 9 rings (SSSR count). The van der Waals surface area contributed by atoms with Crippen molar-refractivity contribution in [2.45, 2.75) is 55.4 Å². The lowest BCUT2D eigenvalue weighted by Crippen LogP contribution is -2.56. The molecule has 0 amide bonds. The predicted molar refractivity (Wildman–Crippen MR) is 163 cm³/mol. The first kappa shape index (κ1) is 27.9. The van der Waals surface area contributed by atoms with Gasteiger partial charge in [0.05, 0.1) is 35.9 Å². The molecule has 4 aromatic rings. The van der Waals surface area contributed by atoms with Gasteiger partial charge < -0.3 is 24.2 Å². The first-order valence-corrected chi connectivity index (χ1v) is 15.6. The molecule has 1 saturated carbocycles. The van der Waals surface area contributed by atoms with Gasteiger partial charge in [0, 0.05) is 23.9 Å². The van der Waals surface area contributed by atoms with Crippen LogP contribution in [0.25, 0.3) is 32.9 Å². The number of alkyl halides is 1. The fraction of sp³-hybridized carbons (Fsp3) is 0.441. The zero-order valence-corrected chi connectivity index (χ0v) is 24.9. The van der Waals surface area contributed by atoms with E-state index >= 15 is 4.39 Å². The highest BCUT2D eigenvalue weighted by atomic mass is 19.1. The smallest absolute Gasteiger partial charge is 0.319 e. The van der Waals surface area contributed by atoms with Gasteiger partial charge >= 0.3 is 6.01 Å². The summed E-state index contributed by atoms with van der Waals surface area (Å²) in [6.45, 7) is 2.41. The van der Waals surface area contributed by atoms with Crippen molar-refractivity contribution in [3.8, 4) is 41.2 Å². The molecule has 1 spiro atoms. The topological polar surface area (TPSA) is 93.1 Å². The van der Waals surface area contributed by atoms with Crippen LogP contribution in [0.5, 0.6) is 17.6 Å². The maximum absolute atomic E-state index is 17.0. The molecule has 4 aliphatic heterocycles. The zero-order chi connectivity index (χ0) is 31.4. The highest BCUT2D eigenvalue weighted by Crippen LogP contribution is 2.52. The highest BCUT2D eigenvalue weighted by molar-refractivity contribution is 6.04. The molecule has 2 aromatic heterocycles. The lowest BCUT2D eigenvalue weighted by Gasteiger charge is -2.42. The third kappa shape index (κ3) is 4.00. The average Bonchev–Trinajstić information content (AvgIpc) is 3.63. The summed E-state index contributed by atoms with van der Waals surface area (Å²) in [5.74, 6) is 1.26. The van der Waals surface area contributed by atoms with Crippen molar-refractivity contribution in [2.75, 3.05) is 44.4 Å². The SMILES string of the molecule is C#Cc1c(F)ccc2cc(O)cc(-c3nc4c5c(nc(OC[C@@]67CCCN6C[C@H](F)C7)nc5c3F)N3[C@@H](COCC35CC5)CO4)c12. The van der Waals surface area contributed by atoms with Crippen LogP contribution in [-0.2, 0) is 4.74 Å². The van der Waals surface area contributed by atoms with E-state index < -0.39 is 23.3 Å². The normalized spacial score (nSPS) is 26.1. The van der Waals surface area contributed by atoms with Crippen molar-refractivity contribution in [2.24, 2.45) is 0 Å². The number of aromatic hydroxyl groups is 1. The molecule has 2 aromatic carbocycles. The van der Waals surface area contributed by atoms with Crippen LogP contribution in [0.15, 0.2) is 24.3 Å². The molecule has 0 bridgehead atoms. The third-order valence-corrected chi connectivity index (χ3v) is 10.4. The summed E-state index contributed by atoms with van der Waals surface area (Å²) in [4.78, 5) is 18.4. The van der Waals surface area contributed by atoms with Gasteiger partial charge in [0.15, 0.2) is 5.82 Å². The van der Waals surface area contributed by atoms with Gasteiger partial charge in [-0.2, -0.15) is 9.97 Å². The van der Waals surface area contributed by atoms with Gasteiger partial charge in [-0.05, 0) is 55.8 Å². The Morgan fingerprint density at radius 1 is 1.11 bits per heavy atom. The van der Waals surface area contributed by atoms with Crippen LogP contribution in [0.3, 0.4) is 0 Å². The number of ether oxygens (including phenoxy) is 3. The van der Waals surface area contributed by atoms with E-state index in [2.05, 4.69) is 25.7 Å². The first-order chi connectivity index (χ1) is 22.3. The fourth-order valence-corrected chi connectivity index (χ4v) is 8.17. The van der Waals surface area contributed by atoms with Crippen LogP contribution in [0.2, 0.25) is 0 Å². The van der Waals surface area contributed by atoms with Gasteiger partial charge in [0.2, 0.25) is 5.88 Å². The van der Waals surface area contributed by atoms with Gasteiger partial charge in [-0.25, -0.2) is 18.2 Å². The van der Waals surface area contributed by atoms with E-state index in [4.69, 9.17) is 25.6 Å². The van der Waals surface area contributed by atoms with Gasteiger partial charge in [-0.1, -0.05) is 12.0 Å². The van der Waals surface area contributed by atoms with Crippen molar-refractivity contribution in [1.82, 2.24) is 19.9 Å². The minimum absolute atomic E-state index is 0.0351. The molecule has 9 nitrogen and oxygen atoms in total. The fourth-order valence-electron chi connectivity index (χ4n) is 8.17. The Balaban J connectivity index is 1.26. The van der Waals surface area contributed by atoms with Gasteiger partial charge in [-0.3, -0.25) is 4.90 Å². The van der Waals surface area contributed by atoms with Crippen LogP contribution < -0.4 is 14.4 Å². The highest BCUT2D eigenvalue weighted by Gasteiger charge is 2.56. The maximum Gasteiger partial charge on any atom is 0.319 e. The predicted octanol–water partition coefficient (Wildman–Crippen LogP) is 4.90. The molecule has 0 radical (unpaired) electrons. The van der Waals surface area contributed by atoms with Crippen molar-refractivity contribution in [1.29, 1.82) is 0 Å². The zero-order valence-electron chi connectivity index (χ0n) is 24.9. The summed E-state index contributed by atoms with van der Waals surface area (Å²) in [6, 6.07) is 5.15. The molecule has 3 saturated heterocycles. The van der Waals surface area contributed by atoms with Crippen molar-refractivity contribution in [3.05, 3.63) is 41.5 Å². The number of benzene rings is 2. The van der Waals surface area contributed by atoms with Crippen molar-refractivity contribution < 1.29 is 32.5 Å². The third-order valence-electron chi connectivity index (χ3n) is 10.4. The molecule has 3 atom stereocenters. The summed E-state index contributed by atoms with van der Waals surface area (Å²) in [5, 5.41) is 11.6. The molecule has 46 heavy (non-hydrogen) atoms. The lowest BCUT2D eigenvalue weighted by atomic mass is 9.95. The summed E-state index contributed by atoms with van der Waals surface area (Å²) in [5.41, 5.74) is -1.06. The van der Waals surface area contributed by atoms with E-state index in [0.717, 1.165) is 32.2 Å². The molecule has 236 valence electrons. The summed E-state index contributed by atoms with van der Waals surface area (Å²) >= 11 is 0. The molecule has 12 heteroatoms. The number of morpholine rings is 1. The Hall–Kier alpha value is -4.34. The molecular formula is C34H30F3N5O4. The minimum atomic E-state index is -0.935. The number of hydrogen-bond donors (Lipinski definition) is 1. The van der Waals surface area contributed by atoms with Gasteiger partial charge in [0.1, 0.15) is 53.4 Å². The Bertz CT molecular complexity index is 2000. The average molecular weight is 630 g/mol. The molecule has 0 unspecified atom stereocenters. The van der Waals surface area contributed by atoms with Crippen molar-refractivity contribution >= 4 is 27.5 Å². The Morgan fingerprint density at radius 3 is 2.80 bits per heavy atom. The second-order valence-electron chi connectivity index (χ2n) is 13.2. The van der Waals surface area contributed by atoms with Crippen LogP contribution in [0.1, 0.15) is 37.7 Å². The molecule has 1 N–H and O–H groups in total. The number of pyridine rings is 1. The first-order valence-electron chi connectivity index (χ1n) is 15.6. The number of hydrogen-bond acceptors (Lipinski definition) is 9. The van der Waals surface area contributed by atoms with E-state index in [0.29, 0.717) is 42.8 Å². The van der Waals surface area contributed by atoms with E-state index in [1.54, 1.807) is 0 Å². The second kappa shape index (κ2) is 9.83. The van der Waals surface area contributed by atoms with Crippen molar-refractivity contribution in [3.63, 3.8) is 0 Å². The standard InChI is InChI=1S/C34H30F3N5O4/c1-2-22-24(36)5-4-18-10-21(43)11-23(25(18)22)28-27(37)29-26-30(42-20(15-45-31(26)38-28)14-44-16-33(42)7-8-33)40-32(39-29)46-17-34-6-3-9-41(34)13-19(35)12-34/h1,4-5,10-11,19-20,43H,3,6-9,12-17H2/t19-,20+,34+/m1/s1. The minimum Gasteiger partial charge on any atom is -0.508 e. The van der Waals surface area contributed by atoms with E-state index in [1.807, 2.05) is 0 Å². The summed E-state index contributed by atoms with van der Waals surface area (Å²) in [7, 11) is 0. The monoisotopic (exact) mass is 629 g/mol. The maximum atomic E-state index is 17.0. The number of fused-ring (bicyclic) bond motifs is 5. The Labute approximate surface area is 262 Å². The Morgan fingerprint density at radius 2 is 1.98 bits per heavy atom. The van der Waals surface area contributed by atoms with Crippen LogP contribution in [-0.4, -0.2) is 87.8 Å². The quantitative estimate of drug-likeness (QED) is 0.317. The summed E-state index contributed by atoms with van der Waals surface area (Å²) in [6.07, 6.45) is 8.63. The number of aromatic nitrogens is 3. The Kier molecular flexibility index (Phi) is 5.97. The van der Waals surface area contributed by atoms with Gasteiger partial charge in [0.25, 0.3) is 0 Å². The van der Waals surface area contributed by atoms with Crippen LogP contribution >= 0.6 is 0 Å². The van der Waals surface area contributed by atoms with Crippen LogP contribution in [0, 0.1) is 24.0 Å². The molecule has 5 aliphatic rings. The van der Waals surface area contributed by atoms with E-state index in [1.165, 1.54) is 24.3 Å². The molecular weight excluding hydrogens is 599 g/mol. The van der Waals surface area contributed by atoms with E-state index in [9.17, 15) is 13.9 Å². The molecule has 1 aliphatic carbocycles. The molecule has 4 fully saturated rings. The number of nitrogens with zero attached hydrogens (tertiary/aromatic N) is 5. The number of halogens is 3. The lowest BCUT2D eigenvalue weighted by molar-refractivity contribution is 0.0451. The van der Waals surface area contributed by atoms with E-state index in [-0.39, 0.29) is 70.2 Å². The molecule has 6 heterocycles. The van der Waals surface area contributed by atoms with Crippen LogP contribution in [0.4, 0.5) is 19.0 Å². The number of terminal acetylenes is 1. The second-order valence-corrected chi connectivity index (χ2v) is 13.2. The number of phenols is 1. The largest absolute Gasteiger partial charge is 0.508 e. The number of rotatable bonds is 4. The number of phenolic OH excluding ortho intramolecular Hbond substituents is 1.